The summed E-state index contributed by atoms with van der Waals surface area (Å²) in [5.41, 5.74) is 0.926. The second-order valence-corrected chi connectivity index (χ2v) is 6.11. The van der Waals surface area contributed by atoms with Gasteiger partial charge in [0.2, 0.25) is 0 Å². The van der Waals surface area contributed by atoms with Gasteiger partial charge in [0.1, 0.15) is 16.8 Å². The van der Waals surface area contributed by atoms with Crippen LogP contribution in [0.15, 0.2) is 0 Å². The quantitative estimate of drug-likeness (QED) is 0.848. The van der Waals surface area contributed by atoms with E-state index in [1.54, 1.807) is 0 Å². The maximum Gasteiger partial charge on any atom is 0.137 e. The van der Waals surface area contributed by atoms with Crippen molar-refractivity contribution in [2.45, 2.75) is 46.1 Å². The Morgan fingerprint density at radius 1 is 1.37 bits per heavy atom. The van der Waals surface area contributed by atoms with Gasteiger partial charge in [-0.25, -0.2) is 9.97 Å². The van der Waals surface area contributed by atoms with Gasteiger partial charge in [0.15, 0.2) is 0 Å². The number of rotatable bonds is 2. The first-order chi connectivity index (χ1) is 8.90. The fourth-order valence-corrected chi connectivity index (χ4v) is 2.56. The van der Waals surface area contributed by atoms with Crippen LogP contribution in [0.3, 0.4) is 0 Å². The summed E-state index contributed by atoms with van der Waals surface area (Å²) in [6, 6.07) is 0. The summed E-state index contributed by atoms with van der Waals surface area (Å²) in [6.07, 6.45) is 0.567. The van der Waals surface area contributed by atoms with Gasteiger partial charge in [-0.1, -0.05) is 32.4 Å². The lowest BCUT2D eigenvalue weighted by molar-refractivity contribution is 0.0968. The van der Waals surface area contributed by atoms with Crippen LogP contribution in [0.4, 0.5) is 5.82 Å². The highest BCUT2D eigenvalue weighted by molar-refractivity contribution is 6.30. The second kappa shape index (κ2) is 5.63. The Morgan fingerprint density at radius 2 is 2.05 bits per heavy atom. The van der Waals surface area contributed by atoms with Gasteiger partial charge in [0.05, 0.1) is 6.10 Å². The van der Waals surface area contributed by atoms with Gasteiger partial charge in [-0.15, -0.1) is 0 Å². The van der Waals surface area contributed by atoms with E-state index in [1.165, 1.54) is 0 Å². The Morgan fingerprint density at radius 3 is 2.63 bits per heavy atom. The molecule has 1 aliphatic rings. The molecule has 4 nitrogen and oxygen atoms in total. The Labute approximate surface area is 119 Å². The summed E-state index contributed by atoms with van der Waals surface area (Å²) in [6.45, 7) is 9.78. The van der Waals surface area contributed by atoms with Gasteiger partial charge >= 0.3 is 0 Å². The summed E-state index contributed by atoms with van der Waals surface area (Å²) in [7, 11) is 0. The summed E-state index contributed by atoms with van der Waals surface area (Å²) in [5.74, 6) is 2.21. The van der Waals surface area contributed by atoms with E-state index in [9.17, 15) is 5.11 Å². The Hall–Kier alpha value is -0.870. The van der Waals surface area contributed by atoms with Crippen LogP contribution in [-0.4, -0.2) is 34.3 Å². The van der Waals surface area contributed by atoms with Crippen LogP contribution in [-0.2, 0) is 0 Å². The smallest absolute Gasteiger partial charge is 0.137 e. The molecule has 2 rings (SSSR count). The summed E-state index contributed by atoms with van der Waals surface area (Å²) in [4.78, 5) is 11.2. The van der Waals surface area contributed by atoms with E-state index in [2.05, 4.69) is 35.6 Å². The molecule has 0 aliphatic carbocycles. The van der Waals surface area contributed by atoms with E-state index >= 15 is 0 Å². The van der Waals surface area contributed by atoms with Crippen LogP contribution in [0.1, 0.15) is 44.5 Å². The molecule has 1 aromatic heterocycles. The molecule has 1 aromatic rings. The van der Waals surface area contributed by atoms with Gasteiger partial charge in [-0.2, -0.15) is 0 Å². The van der Waals surface area contributed by atoms with Crippen molar-refractivity contribution in [1.82, 2.24) is 9.97 Å². The lowest BCUT2D eigenvalue weighted by atomic mass is 9.96. The lowest BCUT2D eigenvalue weighted by Crippen LogP contribution is -2.42. The maximum atomic E-state index is 9.82. The molecule has 2 unspecified atom stereocenters. The molecule has 0 bridgehead atoms. The minimum absolute atomic E-state index is 0.210. The topological polar surface area (TPSA) is 49.2 Å². The summed E-state index contributed by atoms with van der Waals surface area (Å²) >= 11 is 6.22. The number of anilines is 1. The van der Waals surface area contributed by atoms with Gasteiger partial charge in [-0.05, 0) is 19.3 Å². The molecule has 106 valence electrons. The van der Waals surface area contributed by atoms with E-state index in [-0.39, 0.29) is 17.9 Å². The molecule has 2 atom stereocenters. The van der Waals surface area contributed by atoms with Crippen LogP contribution < -0.4 is 4.90 Å². The number of hydrogen-bond acceptors (Lipinski definition) is 4. The SMILES string of the molecule is Cc1c(Cl)nc(C(C)C)nc1N1CCC(O)C(C)C1. The molecule has 1 aliphatic heterocycles. The van der Waals surface area contributed by atoms with E-state index in [0.717, 1.165) is 36.7 Å². The molecule has 0 spiro atoms. The number of aromatic nitrogens is 2. The van der Waals surface area contributed by atoms with Crippen molar-refractivity contribution in [3.63, 3.8) is 0 Å². The van der Waals surface area contributed by atoms with Crippen LogP contribution in [0.5, 0.6) is 0 Å². The molecule has 1 N–H and O–H groups in total. The highest BCUT2D eigenvalue weighted by Gasteiger charge is 2.27. The maximum absolute atomic E-state index is 9.82. The van der Waals surface area contributed by atoms with Crippen LogP contribution in [0.25, 0.3) is 0 Å². The average molecular weight is 284 g/mol. The first-order valence-corrected chi connectivity index (χ1v) is 7.25. The Bertz CT molecular complexity index is 464. The van der Waals surface area contributed by atoms with Crippen LogP contribution in [0.2, 0.25) is 5.15 Å². The highest BCUT2D eigenvalue weighted by atomic mass is 35.5. The standard InChI is InChI=1S/C14H22ClN3O/c1-8(2)13-16-12(15)10(4)14(17-13)18-6-5-11(19)9(3)7-18/h8-9,11,19H,5-7H2,1-4H3. The highest BCUT2D eigenvalue weighted by Crippen LogP contribution is 2.29. The predicted molar refractivity (Wildman–Crippen MR) is 77.9 cm³/mol. The zero-order valence-corrected chi connectivity index (χ0v) is 12.8. The van der Waals surface area contributed by atoms with E-state index in [0.29, 0.717) is 5.15 Å². The monoisotopic (exact) mass is 283 g/mol. The van der Waals surface area contributed by atoms with Crippen molar-refractivity contribution in [1.29, 1.82) is 0 Å². The van der Waals surface area contributed by atoms with Crippen LogP contribution in [0, 0.1) is 12.8 Å². The number of aliphatic hydroxyl groups is 1. The van der Waals surface area contributed by atoms with Crippen molar-refractivity contribution in [2.24, 2.45) is 5.92 Å². The molecule has 0 saturated carbocycles. The summed E-state index contributed by atoms with van der Waals surface area (Å²) in [5, 5.41) is 10.4. The molecular formula is C14H22ClN3O. The fourth-order valence-electron chi connectivity index (χ4n) is 2.39. The third kappa shape index (κ3) is 3.00. The third-order valence-electron chi connectivity index (χ3n) is 3.75. The summed E-state index contributed by atoms with van der Waals surface area (Å²) < 4.78 is 0. The minimum atomic E-state index is -0.210. The largest absolute Gasteiger partial charge is 0.393 e. The molecule has 0 radical (unpaired) electrons. The zero-order chi connectivity index (χ0) is 14.2. The number of piperidine rings is 1. The molecule has 1 saturated heterocycles. The number of halogens is 1. The lowest BCUT2D eigenvalue weighted by Gasteiger charge is -2.36. The van der Waals surface area contributed by atoms with Gasteiger partial charge in [0.25, 0.3) is 0 Å². The predicted octanol–water partition coefficient (Wildman–Crippen LogP) is 2.77. The number of nitrogens with zero attached hydrogens (tertiary/aromatic N) is 3. The Balaban J connectivity index is 2.33. The molecule has 5 heteroatoms. The normalized spacial score (nSPS) is 24.1. The van der Waals surface area contributed by atoms with Gasteiger partial charge in [-0.3, -0.25) is 0 Å². The van der Waals surface area contributed by atoms with Crippen molar-refractivity contribution in [3.05, 3.63) is 16.5 Å². The molecular weight excluding hydrogens is 262 g/mol. The van der Waals surface area contributed by atoms with Crippen molar-refractivity contribution in [2.75, 3.05) is 18.0 Å². The zero-order valence-electron chi connectivity index (χ0n) is 12.0. The van der Waals surface area contributed by atoms with Gasteiger partial charge in [0, 0.05) is 24.6 Å². The molecule has 0 amide bonds. The average Bonchev–Trinajstić information content (AvgIpc) is 2.35. The first-order valence-electron chi connectivity index (χ1n) is 6.87. The Kier molecular flexibility index (Phi) is 4.31. The molecule has 19 heavy (non-hydrogen) atoms. The van der Waals surface area contributed by atoms with Gasteiger partial charge < -0.3 is 10.0 Å². The molecule has 1 fully saturated rings. The first kappa shape index (κ1) is 14.5. The van der Waals surface area contributed by atoms with Crippen molar-refractivity contribution < 1.29 is 5.11 Å². The minimum Gasteiger partial charge on any atom is -0.393 e. The van der Waals surface area contributed by atoms with Crippen molar-refractivity contribution in [3.8, 4) is 0 Å². The number of aliphatic hydroxyl groups excluding tert-OH is 1. The molecule has 2 heterocycles. The van der Waals surface area contributed by atoms with Crippen LogP contribution >= 0.6 is 11.6 Å². The molecule has 0 aromatic carbocycles. The second-order valence-electron chi connectivity index (χ2n) is 5.76. The van der Waals surface area contributed by atoms with E-state index in [4.69, 9.17) is 11.6 Å². The van der Waals surface area contributed by atoms with E-state index < -0.39 is 0 Å². The fraction of sp³-hybridized carbons (Fsp3) is 0.714. The third-order valence-corrected chi connectivity index (χ3v) is 4.12. The van der Waals surface area contributed by atoms with Crippen molar-refractivity contribution >= 4 is 17.4 Å². The number of hydrogen-bond donors (Lipinski definition) is 1. The van der Waals surface area contributed by atoms with E-state index in [1.807, 2.05) is 6.92 Å².